The lowest BCUT2D eigenvalue weighted by Crippen LogP contribution is -2.49. The lowest BCUT2D eigenvalue weighted by atomic mass is 9.91. The molecular weight excluding hydrogens is 595 g/mol. The van der Waals surface area contributed by atoms with Crippen LogP contribution in [0.15, 0.2) is 42.6 Å². The average molecular weight is 636 g/mol. The van der Waals surface area contributed by atoms with Gasteiger partial charge in [0.2, 0.25) is 5.91 Å². The summed E-state index contributed by atoms with van der Waals surface area (Å²) < 4.78 is 47.1. The number of likely N-dealkylation sites (tertiary alicyclic amines) is 1. The number of anilines is 1. The maximum Gasteiger partial charge on any atom is 0.406 e. The molecule has 0 bridgehead atoms. The molecule has 2 aliphatic rings. The first kappa shape index (κ1) is 33.3. The van der Waals surface area contributed by atoms with E-state index in [1.165, 1.54) is 4.57 Å². The summed E-state index contributed by atoms with van der Waals surface area (Å²) >= 11 is 0. The van der Waals surface area contributed by atoms with Gasteiger partial charge in [-0.15, -0.1) is 0 Å². The van der Waals surface area contributed by atoms with Crippen LogP contribution in [0.2, 0.25) is 0 Å². The Bertz CT molecular complexity index is 1600. The molecule has 244 valence electrons. The number of carbonyl (C=O) groups is 1. The van der Waals surface area contributed by atoms with Crippen LogP contribution in [0.1, 0.15) is 43.6 Å². The normalized spacial score (nSPS) is 16.6. The monoisotopic (exact) mass is 635 g/mol. The molecule has 0 radical (unpaired) electrons. The quantitative estimate of drug-likeness (QED) is 0.339. The number of fused-ring (bicyclic) bond motifs is 1. The summed E-state index contributed by atoms with van der Waals surface area (Å²) in [7, 11) is 0. The summed E-state index contributed by atoms with van der Waals surface area (Å²) in [5, 5.41) is 16.7. The van der Waals surface area contributed by atoms with Gasteiger partial charge in [0.05, 0.1) is 61.1 Å². The van der Waals surface area contributed by atoms with Gasteiger partial charge in [0, 0.05) is 49.7 Å². The minimum atomic E-state index is -4.40. The third-order valence-corrected chi connectivity index (χ3v) is 8.49. The van der Waals surface area contributed by atoms with E-state index >= 15 is 0 Å². The molecule has 4 heterocycles. The van der Waals surface area contributed by atoms with Crippen LogP contribution in [-0.4, -0.2) is 90.0 Å². The van der Waals surface area contributed by atoms with E-state index in [9.17, 15) is 23.2 Å². The summed E-state index contributed by atoms with van der Waals surface area (Å²) in [6, 6.07) is 13.3. The van der Waals surface area contributed by atoms with Crippen molar-refractivity contribution in [2.24, 2.45) is 0 Å². The molecule has 46 heavy (non-hydrogen) atoms. The highest BCUT2D eigenvalue weighted by atomic mass is 19.4. The van der Waals surface area contributed by atoms with Crippen LogP contribution in [0.3, 0.4) is 0 Å². The molecule has 5 rings (SSSR count). The van der Waals surface area contributed by atoms with Crippen molar-refractivity contribution >= 4 is 22.5 Å². The maximum atomic E-state index is 13.5. The Morgan fingerprint density at radius 2 is 1.85 bits per heavy atom. The van der Waals surface area contributed by atoms with Crippen LogP contribution in [0, 0.1) is 23.2 Å². The van der Waals surface area contributed by atoms with Crippen molar-refractivity contribution in [1.82, 2.24) is 24.7 Å². The van der Waals surface area contributed by atoms with Gasteiger partial charge in [0.1, 0.15) is 6.54 Å². The SMILES string of the molecule is CC(C)(C#N)c1ccc(NCC#Cc2cc3cc(CNC4CCN(CC(=O)N5CCOCC5)CC4)ccc3n2CC(F)(F)F)cn1. The van der Waals surface area contributed by atoms with Crippen LogP contribution in [0.5, 0.6) is 0 Å². The Morgan fingerprint density at radius 3 is 2.52 bits per heavy atom. The number of amides is 1. The number of halogens is 3. The zero-order chi connectivity index (χ0) is 32.7. The molecule has 2 aromatic heterocycles. The minimum Gasteiger partial charge on any atom is -0.378 e. The molecule has 2 N–H and O–H groups in total. The first-order valence-electron chi connectivity index (χ1n) is 15.6. The van der Waals surface area contributed by atoms with Gasteiger partial charge in [0.25, 0.3) is 0 Å². The van der Waals surface area contributed by atoms with Crippen LogP contribution in [-0.2, 0) is 28.0 Å². The van der Waals surface area contributed by atoms with Gasteiger partial charge < -0.3 is 24.8 Å². The standard InChI is InChI=1S/C34H40F3N7O2/c1-33(2,23-38)31-8-6-28(21-41-31)39-11-3-4-29-19-26-18-25(5-7-30(26)44(29)24-34(35,36)37)20-40-27-9-12-42(13-10-27)22-32(45)43-14-16-46-17-15-43/h5-8,18-19,21,27,39-40H,9-17,20,22,24H2,1-2H3. The Kier molecular flexibility index (Phi) is 10.5. The number of aromatic nitrogens is 2. The number of ether oxygens (including phenoxy) is 1. The number of hydrogen-bond acceptors (Lipinski definition) is 7. The topological polar surface area (TPSA) is 98.5 Å². The zero-order valence-corrected chi connectivity index (χ0v) is 26.3. The number of pyridine rings is 1. The molecule has 9 nitrogen and oxygen atoms in total. The number of piperidine rings is 1. The van der Waals surface area contributed by atoms with Crippen molar-refractivity contribution in [2.45, 2.75) is 57.4 Å². The summed E-state index contributed by atoms with van der Waals surface area (Å²) in [6.07, 6.45) is -0.935. The minimum absolute atomic E-state index is 0.157. The first-order valence-corrected chi connectivity index (χ1v) is 15.6. The Labute approximate surface area is 267 Å². The van der Waals surface area contributed by atoms with Crippen molar-refractivity contribution in [3.63, 3.8) is 0 Å². The second-order valence-electron chi connectivity index (χ2n) is 12.4. The molecule has 1 aromatic carbocycles. The fourth-order valence-corrected chi connectivity index (χ4v) is 5.75. The highest BCUT2D eigenvalue weighted by molar-refractivity contribution is 5.83. The lowest BCUT2D eigenvalue weighted by molar-refractivity contribution is -0.140. The van der Waals surface area contributed by atoms with Gasteiger partial charge in [-0.25, -0.2) is 0 Å². The number of benzene rings is 1. The largest absolute Gasteiger partial charge is 0.406 e. The number of hydrogen-bond donors (Lipinski definition) is 2. The predicted molar refractivity (Wildman–Crippen MR) is 170 cm³/mol. The molecule has 0 aliphatic carbocycles. The number of nitriles is 1. The second kappa shape index (κ2) is 14.5. The molecule has 0 saturated carbocycles. The second-order valence-corrected chi connectivity index (χ2v) is 12.4. The summed E-state index contributed by atoms with van der Waals surface area (Å²) in [6.45, 7) is 7.89. The van der Waals surface area contributed by atoms with E-state index in [0.717, 1.165) is 31.5 Å². The number of alkyl halides is 3. The van der Waals surface area contributed by atoms with E-state index in [0.29, 0.717) is 73.4 Å². The van der Waals surface area contributed by atoms with Gasteiger partial charge in [0.15, 0.2) is 0 Å². The van der Waals surface area contributed by atoms with E-state index in [1.807, 2.05) is 17.0 Å². The molecule has 1 amide bonds. The van der Waals surface area contributed by atoms with E-state index in [2.05, 4.69) is 38.4 Å². The molecule has 0 atom stereocenters. The van der Waals surface area contributed by atoms with E-state index in [4.69, 9.17) is 4.74 Å². The van der Waals surface area contributed by atoms with E-state index in [-0.39, 0.29) is 12.5 Å². The van der Waals surface area contributed by atoms with Gasteiger partial charge >= 0.3 is 6.18 Å². The molecular formula is C34H40F3N7O2. The predicted octanol–water partition coefficient (Wildman–Crippen LogP) is 4.28. The fraction of sp³-hybridized carbons (Fsp3) is 0.500. The number of morpholine rings is 1. The van der Waals surface area contributed by atoms with Gasteiger partial charge in [-0.1, -0.05) is 12.0 Å². The number of carbonyl (C=O) groups excluding carboxylic acids is 1. The number of nitrogens with one attached hydrogen (secondary N) is 2. The zero-order valence-electron chi connectivity index (χ0n) is 26.3. The van der Waals surface area contributed by atoms with Crippen molar-refractivity contribution in [3.8, 4) is 17.9 Å². The number of rotatable bonds is 9. The molecule has 2 fully saturated rings. The Morgan fingerprint density at radius 1 is 1.09 bits per heavy atom. The fourth-order valence-electron chi connectivity index (χ4n) is 5.75. The van der Waals surface area contributed by atoms with Crippen LogP contribution < -0.4 is 10.6 Å². The molecule has 0 spiro atoms. The molecule has 2 saturated heterocycles. The summed E-state index contributed by atoms with van der Waals surface area (Å²) in [4.78, 5) is 21.0. The highest BCUT2D eigenvalue weighted by Crippen LogP contribution is 2.27. The van der Waals surface area contributed by atoms with E-state index in [1.54, 1.807) is 44.3 Å². The molecule has 2 aliphatic heterocycles. The van der Waals surface area contributed by atoms with Gasteiger partial charge in [-0.3, -0.25) is 14.7 Å². The third kappa shape index (κ3) is 8.79. The molecule has 3 aromatic rings. The van der Waals surface area contributed by atoms with Crippen molar-refractivity contribution in [2.75, 3.05) is 57.8 Å². The Hall–Kier alpha value is -4.10. The van der Waals surface area contributed by atoms with Crippen LogP contribution >= 0.6 is 0 Å². The van der Waals surface area contributed by atoms with Crippen molar-refractivity contribution in [1.29, 1.82) is 5.26 Å². The first-order chi connectivity index (χ1) is 22.0. The highest BCUT2D eigenvalue weighted by Gasteiger charge is 2.30. The van der Waals surface area contributed by atoms with Gasteiger partial charge in [-0.2, -0.15) is 18.4 Å². The molecule has 0 unspecified atom stereocenters. The summed E-state index contributed by atoms with van der Waals surface area (Å²) in [5.41, 5.74) is 2.41. The van der Waals surface area contributed by atoms with Crippen molar-refractivity contribution < 1.29 is 22.7 Å². The maximum absolute atomic E-state index is 13.5. The summed E-state index contributed by atoms with van der Waals surface area (Å²) in [5.74, 6) is 6.01. The van der Waals surface area contributed by atoms with Crippen LogP contribution in [0.25, 0.3) is 10.9 Å². The van der Waals surface area contributed by atoms with Crippen LogP contribution in [0.4, 0.5) is 18.9 Å². The smallest absolute Gasteiger partial charge is 0.378 e. The molecule has 12 heteroatoms. The average Bonchev–Trinajstić information content (AvgIpc) is 3.38. The number of nitrogens with zero attached hydrogens (tertiary/aromatic N) is 5. The lowest BCUT2D eigenvalue weighted by Gasteiger charge is -2.34. The van der Waals surface area contributed by atoms with Crippen molar-refractivity contribution in [3.05, 3.63) is 59.5 Å². The third-order valence-electron chi connectivity index (χ3n) is 8.49. The Balaban J connectivity index is 1.17. The van der Waals surface area contributed by atoms with Gasteiger partial charge in [-0.05, 0) is 68.5 Å². The van der Waals surface area contributed by atoms with E-state index < -0.39 is 18.1 Å².